The zero-order valence-electron chi connectivity index (χ0n) is 19.1. The number of nitrogens with one attached hydrogen (secondary N) is 1. The molecule has 178 valence electrons. The summed E-state index contributed by atoms with van der Waals surface area (Å²) in [4.78, 5) is 26.2. The van der Waals surface area contributed by atoms with Gasteiger partial charge in [-0.1, -0.05) is 48.0 Å². The van der Waals surface area contributed by atoms with Crippen LogP contribution in [-0.4, -0.2) is 60.8 Å². The largest absolute Gasteiger partial charge is 0.461 e. The van der Waals surface area contributed by atoms with Gasteiger partial charge in [-0.15, -0.1) is 0 Å². The Balaban J connectivity index is 1.82. The highest BCUT2D eigenvalue weighted by atomic mass is 32.2. The molecule has 0 spiro atoms. The second-order valence-corrected chi connectivity index (χ2v) is 11.3. The van der Waals surface area contributed by atoms with E-state index in [0.29, 0.717) is 11.5 Å². The Morgan fingerprint density at radius 2 is 1.79 bits per heavy atom. The SMILES string of the molecule is Cc1ccc(S(=O)(=O)N2CCSC[C@H]2C(=O)N[C@@H](Cc2ccccc2)C(=O)OC(C)C)cc1. The van der Waals surface area contributed by atoms with Gasteiger partial charge < -0.3 is 10.1 Å². The van der Waals surface area contributed by atoms with Gasteiger partial charge in [0.1, 0.15) is 12.1 Å². The highest BCUT2D eigenvalue weighted by Gasteiger charge is 2.39. The van der Waals surface area contributed by atoms with Crippen molar-refractivity contribution in [3.63, 3.8) is 0 Å². The lowest BCUT2D eigenvalue weighted by Crippen LogP contribution is -2.57. The Labute approximate surface area is 199 Å². The molecule has 0 unspecified atom stereocenters. The molecule has 0 bridgehead atoms. The van der Waals surface area contributed by atoms with E-state index in [1.807, 2.05) is 37.3 Å². The van der Waals surface area contributed by atoms with Crippen LogP contribution in [0.1, 0.15) is 25.0 Å². The molecule has 1 aliphatic heterocycles. The van der Waals surface area contributed by atoms with Crippen molar-refractivity contribution in [1.29, 1.82) is 0 Å². The summed E-state index contributed by atoms with van der Waals surface area (Å²) >= 11 is 1.52. The predicted molar refractivity (Wildman–Crippen MR) is 129 cm³/mol. The van der Waals surface area contributed by atoms with Crippen LogP contribution in [0.2, 0.25) is 0 Å². The van der Waals surface area contributed by atoms with Crippen LogP contribution >= 0.6 is 11.8 Å². The summed E-state index contributed by atoms with van der Waals surface area (Å²) in [5, 5.41) is 2.77. The van der Waals surface area contributed by atoms with Crippen molar-refractivity contribution in [3.05, 3.63) is 65.7 Å². The maximum atomic E-state index is 13.3. The molecule has 33 heavy (non-hydrogen) atoms. The number of rotatable bonds is 8. The lowest BCUT2D eigenvalue weighted by Gasteiger charge is -2.34. The Hall–Kier alpha value is -2.36. The molecule has 2 atom stereocenters. The molecule has 0 radical (unpaired) electrons. The zero-order chi connectivity index (χ0) is 24.0. The first-order valence-corrected chi connectivity index (χ1v) is 13.5. The number of hydrogen-bond donors (Lipinski definition) is 1. The maximum Gasteiger partial charge on any atom is 0.329 e. The monoisotopic (exact) mass is 490 g/mol. The maximum absolute atomic E-state index is 13.3. The van der Waals surface area contributed by atoms with Gasteiger partial charge in [0, 0.05) is 24.5 Å². The molecule has 9 heteroatoms. The molecular formula is C24H30N2O5S2. The van der Waals surface area contributed by atoms with E-state index >= 15 is 0 Å². The van der Waals surface area contributed by atoms with Gasteiger partial charge in [0.2, 0.25) is 15.9 Å². The van der Waals surface area contributed by atoms with Gasteiger partial charge in [0.15, 0.2) is 0 Å². The molecule has 1 aliphatic rings. The average molecular weight is 491 g/mol. The third-order valence-electron chi connectivity index (χ3n) is 5.25. The van der Waals surface area contributed by atoms with Crippen molar-refractivity contribution in [1.82, 2.24) is 9.62 Å². The van der Waals surface area contributed by atoms with Crippen molar-refractivity contribution in [3.8, 4) is 0 Å². The first-order valence-electron chi connectivity index (χ1n) is 10.9. The minimum atomic E-state index is -3.86. The van der Waals surface area contributed by atoms with Crippen LogP contribution in [0, 0.1) is 6.92 Å². The van der Waals surface area contributed by atoms with E-state index in [9.17, 15) is 18.0 Å². The minimum Gasteiger partial charge on any atom is -0.461 e. The summed E-state index contributed by atoms with van der Waals surface area (Å²) in [5.74, 6) is -0.135. The zero-order valence-corrected chi connectivity index (χ0v) is 20.7. The number of esters is 1. The highest BCUT2D eigenvalue weighted by Crippen LogP contribution is 2.25. The summed E-state index contributed by atoms with van der Waals surface area (Å²) < 4.78 is 33.2. The van der Waals surface area contributed by atoms with E-state index < -0.39 is 34.0 Å². The van der Waals surface area contributed by atoms with Gasteiger partial charge in [-0.3, -0.25) is 4.79 Å². The van der Waals surface area contributed by atoms with Gasteiger partial charge in [-0.05, 0) is 38.5 Å². The molecule has 2 aromatic rings. The van der Waals surface area contributed by atoms with Crippen LogP contribution in [0.5, 0.6) is 0 Å². The standard InChI is InChI=1S/C24H30N2O5S2/c1-17(2)31-24(28)21(15-19-7-5-4-6-8-19)25-23(27)22-16-32-14-13-26(22)33(29,30)20-11-9-18(3)10-12-20/h4-12,17,21-22H,13-16H2,1-3H3,(H,25,27)/t21-,22-/m0/s1. The van der Waals surface area contributed by atoms with E-state index in [-0.39, 0.29) is 24.0 Å². The molecule has 0 saturated carbocycles. The first kappa shape index (κ1) is 25.3. The molecule has 0 aliphatic carbocycles. The highest BCUT2D eigenvalue weighted by molar-refractivity contribution is 7.99. The third-order valence-corrected chi connectivity index (χ3v) is 8.19. The summed E-state index contributed by atoms with van der Waals surface area (Å²) in [6, 6.07) is 14.1. The molecule has 3 rings (SSSR count). The molecule has 1 saturated heterocycles. The van der Waals surface area contributed by atoms with Gasteiger partial charge in [0.25, 0.3) is 0 Å². The molecular weight excluding hydrogens is 460 g/mol. The van der Waals surface area contributed by atoms with Crippen LogP contribution in [0.25, 0.3) is 0 Å². The van der Waals surface area contributed by atoms with Crippen molar-refractivity contribution in [2.24, 2.45) is 0 Å². The van der Waals surface area contributed by atoms with Gasteiger partial charge in [-0.25, -0.2) is 13.2 Å². The number of carbonyl (C=O) groups excluding carboxylic acids is 2. The summed E-state index contributed by atoms with van der Waals surface area (Å²) in [6.45, 7) is 5.59. The second kappa shape index (κ2) is 11.2. The fourth-order valence-electron chi connectivity index (χ4n) is 3.55. The number of thioether (sulfide) groups is 1. The van der Waals surface area contributed by atoms with Crippen molar-refractivity contribution >= 4 is 33.7 Å². The summed E-state index contributed by atoms with van der Waals surface area (Å²) in [7, 11) is -3.86. The number of hydrogen-bond acceptors (Lipinski definition) is 6. The average Bonchev–Trinajstić information content (AvgIpc) is 2.79. The summed E-state index contributed by atoms with van der Waals surface area (Å²) in [5.41, 5.74) is 1.82. The van der Waals surface area contributed by atoms with Crippen LogP contribution in [0.15, 0.2) is 59.5 Å². The molecule has 2 aromatic carbocycles. The quantitative estimate of drug-likeness (QED) is 0.572. The number of nitrogens with zero attached hydrogens (tertiary/aromatic N) is 1. The Kier molecular flexibility index (Phi) is 8.56. The van der Waals surface area contributed by atoms with Gasteiger partial charge in [0.05, 0.1) is 11.0 Å². The van der Waals surface area contributed by atoms with E-state index in [1.165, 1.54) is 16.1 Å². The van der Waals surface area contributed by atoms with Gasteiger partial charge in [-0.2, -0.15) is 16.1 Å². The molecule has 1 amide bonds. The number of sulfonamides is 1. The van der Waals surface area contributed by atoms with Crippen LogP contribution in [0.4, 0.5) is 0 Å². The van der Waals surface area contributed by atoms with Crippen molar-refractivity contribution in [2.75, 3.05) is 18.1 Å². The number of aryl methyl sites for hydroxylation is 1. The van der Waals surface area contributed by atoms with Crippen LogP contribution < -0.4 is 5.32 Å². The smallest absolute Gasteiger partial charge is 0.329 e. The van der Waals surface area contributed by atoms with Crippen molar-refractivity contribution in [2.45, 2.75) is 50.3 Å². The Morgan fingerprint density at radius 3 is 2.42 bits per heavy atom. The molecule has 7 nitrogen and oxygen atoms in total. The number of carbonyl (C=O) groups is 2. The van der Waals surface area contributed by atoms with Crippen molar-refractivity contribution < 1.29 is 22.7 Å². The third kappa shape index (κ3) is 6.59. The number of ether oxygens (including phenoxy) is 1. The fourth-order valence-corrected chi connectivity index (χ4v) is 6.40. The van der Waals surface area contributed by atoms with E-state index in [0.717, 1.165) is 11.1 Å². The Morgan fingerprint density at radius 1 is 1.12 bits per heavy atom. The molecule has 1 fully saturated rings. The topological polar surface area (TPSA) is 92.8 Å². The molecule has 0 aromatic heterocycles. The Bertz CT molecular complexity index is 1060. The molecule has 1 N–H and O–H groups in total. The van der Waals surface area contributed by atoms with E-state index in [2.05, 4.69) is 5.32 Å². The first-order chi connectivity index (χ1) is 15.7. The van der Waals surface area contributed by atoms with E-state index in [4.69, 9.17) is 4.74 Å². The van der Waals surface area contributed by atoms with Gasteiger partial charge >= 0.3 is 5.97 Å². The number of benzene rings is 2. The van der Waals surface area contributed by atoms with E-state index in [1.54, 1.807) is 38.1 Å². The minimum absolute atomic E-state index is 0.151. The summed E-state index contributed by atoms with van der Waals surface area (Å²) in [6.07, 6.45) is -0.0840. The van der Waals surface area contributed by atoms with Crippen LogP contribution in [0.3, 0.4) is 0 Å². The predicted octanol–water partition coefficient (Wildman–Crippen LogP) is 2.78. The normalized spacial score (nSPS) is 18.0. The fraction of sp³-hybridized carbons (Fsp3) is 0.417. The second-order valence-electron chi connectivity index (χ2n) is 8.26. The van der Waals surface area contributed by atoms with Crippen LogP contribution in [-0.2, 0) is 30.8 Å². The lowest BCUT2D eigenvalue weighted by molar-refractivity contribution is -0.151. The molecule has 1 heterocycles. The lowest BCUT2D eigenvalue weighted by atomic mass is 10.1. The number of amides is 1.